The van der Waals surface area contributed by atoms with E-state index in [2.05, 4.69) is 270 Å². The highest BCUT2D eigenvalue weighted by atomic mass is 32.1. The van der Waals surface area contributed by atoms with E-state index in [-0.39, 0.29) is 0 Å². The second kappa shape index (κ2) is 18.4. The van der Waals surface area contributed by atoms with Crippen LogP contribution in [0.1, 0.15) is 52.6 Å². The van der Waals surface area contributed by atoms with E-state index in [9.17, 15) is 0 Å². The molecule has 2 nitrogen and oxygen atoms in total. The van der Waals surface area contributed by atoms with Gasteiger partial charge in [-0.1, -0.05) is 176 Å². The number of hydrogen-bond donors (Lipinski definition) is 1. The quantitative estimate of drug-likeness (QED) is 0.120. The zero-order chi connectivity index (χ0) is 52.2. The molecule has 0 N–H and O–H groups in total. The average Bonchev–Trinajstić information content (AvgIpc) is 3.43. The Morgan fingerprint density at radius 2 is 1.03 bits per heavy atom. The molecule has 2 heterocycles. The predicted molar refractivity (Wildman–Crippen MR) is 340 cm³/mol. The molecule has 1 spiro atoms. The molecule has 0 aliphatic heterocycles. The van der Waals surface area contributed by atoms with Crippen LogP contribution in [0.25, 0.3) is 73.7 Å². The van der Waals surface area contributed by atoms with E-state index >= 15 is 0 Å². The van der Waals surface area contributed by atoms with Gasteiger partial charge in [-0.25, -0.2) is 0 Å². The van der Waals surface area contributed by atoms with Crippen molar-refractivity contribution in [2.24, 2.45) is 0 Å². The van der Waals surface area contributed by atoms with Crippen molar-refractivity contribution in [2.75, 3.05) is 9.80 Å². The van der Waals surface area contributed by atoms with Crippen molar-refractivity contribution in [2.45, 2.75) is 29.6 Å². The smallest absolute Gasteiger partial charge is 0.0726 e. The summed E-state index contributed by atoms with van der Waals surface area (Å²) in [5.41, 5.74) is 21.6. The van der Waals surface area contributed by atoms with Crippen LogP contribution in [-0.4, -0.2) is 0 Å². The number of thiol groups is 1. The molecule has 10 aromatic carbocycles. The summed E-state index contributed by atoms with van der Waals surface area (Å²) in [5, 5.41) is 5.17. The molecule has 0 saturated carbocycles. The van der Waals surface area contributed by atoms with Crippen molar-refractivity contribution in [3.8, 4) is 34.1 Å². The molecule has 16 rings (SSSR count). The standard InChI is InChI=1S/C74H48N2S3/c77-68-45-53(38-41-55(68)49-16-3-1-2-4-17-49)75(52-40-43-71-62(44-52)59-21-9-14-29-70(59)78-71)50-34-30-47(31-35-50)48-32-36-51(37-33-48)76(54-39-42-60-58-20-8-13-28-69(58)79-72(60)46-54)67-27-15-26-66-73(67)61-22-7-12-25-65(61)74(66)63-23-10-5-18-56(63)57-19-6-11-24-64(57)74/h1,3,5-16,18-30,32-34,36-46,77H,2,31,35H2. The minimum absolute atomic E-state index is 0.446. The number of thiophene rings is 2. The van der Waals surface area contributed by atoms with Crippen LogP contribution in [0.3, 0.4) is 0 Å². The second-order valence-electron chi connectivity index (χ2n) is 20.9. The Balaban J connectivity index is 0.816. The molecule has 372 valence electrons. The van der Waals surface area contributed by atoms with Crippen molar-refractivity contribution in [1.82, 2.24) is 0 Å². The molecule has 0 fully saturated rings. The Morgan fingerprint density at radius 1 is 0.430 bits per heavy atom. The molecule has 0 bridgehead atoms. The van der Waals surface area contributed by atoms with Crippen molar-refractivity contribution in [3.05, 3.63) is 288 Å². The van der Waals surface area contributed by atoms with Gasteiger partial charge < -0.3 is 9.80 Å². The Bertz CT molecular complexity index is 4690. The molecule has 0 radical (unpaired) electrons. The Morgan fingerprint density at radius 3 is 1.77 bits per heavy atom. The maximum absolute atomic E-state index is 5.12. The lowest BCUT2D eigenvalue weighted by Crippen LogP contribution is -2.26. The monoisotopic (exact) mass is 1060 g/mol. The molecule has 0 saturated heterocycles. The van der Waals surface area contributed by atoms with Crippen LogP contribution in [0.15, 0.2) is 259 Å². The van der Waals surface area contributed by atoms with Crippen LogP contribution in [0.2, 0.25) is 0 Å². The van der Waals surface area contributed by atoms with Gasteiger partial charge in [0.05, 0.1) is 11.1 Å². The van der Waals surface area contributed by atoms with Crippen LogP contribution >= 0.6 is 35.3 Å². The number of fused-ring (bicyclic) bond motifs is 16. The Kier molecular flexibility index (Phi) is 10.7. The van der Waals surface area contributed by atoms with Crippen molar-refractivity contribution in [1.29, 1.82) is 0 Å². The maximum Gasteiger partial charge on any atom is 0.0726 e. The van der Waals surface area contributed by atoms with E-state index in [1.807, 2.05) is 22.7 Å². The molecule has 2 aromatic heterocycles. The molecule has 0 unspecified atom stereocenters. The molecule has 5 heteroatoms. The molecule has 4 aliphatic rings. The van der Waals surface area contributed by atoms with Gasteiger partial charge in [-0.15, -0.1) is 35.3 Å². The molecular weight excluding hydrogens is 1010 g/mol. The number of hydrogen-bond acceptors (Lipinski definition) is 5. The van der Waals surface area contributed by atoms with Gasteiger partial charge in [0.1, 0.15) is 0 Å². The summed E-state index contributed by atoms with van der Waals surface area (Å²) in [6, 6.07) is 81.9. The minimum Gasteiger partial charge on any atom is -0.314 e. The lowest BCUT2D eigenvalue weighted by atomic mass is 9.70. The summed E-state index contributed by atoms with van der Waals surface area (Å²) < 4.78 is 5.18. The van der Waals surface area contributed by atoms with Gasteiger partial charge in [0.25, 0.3) is 0 Å². The van der Waals surface area contributed by atoms with Gasteiger partial charge in [0.15, 0.2) is 0 Å². The summed E-state index contributed by atoms with van der Waals surface area (Å²) in [6.07, 6.45) is 13.5. The topological polar surface area (TPSA) is 6.48 Å². The SMILES string of the molecule is Sc1cc(N(C2=CC=C(c3ccc(N(c4ccc5c(c4)sc4ccccc45)c4cccc5c4-c4ccccc4C54c5ccccc5-c5ccccc54)cc3)CC2)c2ccc3sc4ccccc4c3c2)ccc1C1=CC=CCC#C1. The van der Waals surface area contributed by atoms with Crippen molar-refractivity contribution < 1.29 is 0 Å². The maximum atomic E-state index is 5.12. The van der Waals surface area contributed by atoms with Crippen LogP contribution in [0.4, 0.5) is 28.4 Å². The van der Waals surface area contributed by atoms with E-state index in [0.717, 1.165) is 58.0 Å². The fraction of sp³-hybridized carbons (Fsp3) is 0.0541. The third-order valence-electron chi connectivity index (χ3n) is 16.8. The highest BCUT2D eigenvalue weighted by Crippen LogP contribution is 2.65. The lowest BCUT2D eigenvalue weighted by molar-refractivity contribution is 0.794. The molecule has 0 atom stereocenters. The largest absolute Gasteiger partial charge is 0.314 e. The lowest BCUT2D eigenvalue weighted by Gasteiger charge is -2.32. The van der Waals surface area contributed by atoms with E-state index in [1.165, 1.54) is 107 Å². The van der Waals surface area contributed by atoms with Gasteiger partial charge in [-0.2, -0.15) is 0 Å². The number of anilines is 5. The van der Waals surface area contributed by atoms with Crippen molar-refractivity contribution >= 4 is 115 Å². The third-order valence-corrected chi connectivity index (χ3v) is 19.4. The first-order chi connectivity index (χ1) is 39.1. The van der Waals surface area contributed by atoms with Crippen molar-refractivity contribution in [3.63, 3.8) is 0 Å². The first-order valence-corrected chi connectivity index (χ1v) is 29.2. The zero-order valence-electron chi connectivity index (χ0n) is 43.0. The minimum atomic E-state index is -0.446. The first-order valence-electron chi connectivity index (χ1n) is 27.1. The molecule has 79 heavy (non-hydrogen) atoms. The molecule has 12 aromatic rings. The second-order valence-corrected chi connectivity index (χ2v) is 23.6. The van der Waals surface area contributed by atoms with Crippen LogP contribution in [0.5, 0.6) is 0 Å². The van der Waals surface area contributed by atoms with Gasteiger partial charge in [0.2, 0.25) is 0 Å². The Labute approximate surface area is 473 Å². The highest BCUT2D eigenvalue weighted by molar-refractivity contribution is 7.80. The Hall–Kier alpha value is -8.89. The van der Waals surface area contributed by atoms with Crippen LogP contribution in [-0.2, 0) is 5.41 Å². The van der Waals surface area contributed by atoms with Crippen LogP contribution in [0, 0.1) is 11.8 Å². The van der Waals surface area contributed by atoms with E-state index in [0.29, 0.717) is 0 Å². The fourth-order valence-corrected chi connectivity index (χ4v) is 15.9. The molecule has 0 amide bonds. The number of benzene rings is 10. The number of allylic oxidation sites excluding steroid dienone is 8. The zero-order valence-corrected chi connectivity index (χ0v) is 45.5. The van der Waals surface area contributed by atoms with Gasteiger partial charge in [-0.3, -0.25) is 0 Å². The number of rotatable bonds is 8. The highest BCUT2D eigenvalue weighted by Gasteiger charge is 2.52. The van der Waals surface area contributed by atoms with E-state index in [1.54, 1.807) is 0 Å². The third kappa shape index (κ3) is 7.19. The van der Waals surface area contributed by atoms with Gasteiger partial charge in [0, 0.05) is 96.8 Å². The summed E-state index contributed by atoms with van der Waals surface area (Å²) in [4.78, 5) is 5.86. The summed E-state index contributed by atoms with van der Waals surface area (Å²) >= 11 is 8.84. The van der Waals surface area contributed by atoms with Gasteiger partial charge >= 0.3 is 0 Å². The molecule has 4 aliphatic carbocycles. The predicted octanol–water partition coefficient (Wildman–Crippen LogP) is 20.8. The van der Waals surface area contributed by atoms with Gasteiger partial charge in [-0.05, 0) is 148 Å². The van der Waals surface area contributed by atoms with Crippen LogP contribution < -0.4 is 9.80 Å². The fourth-order valence-electron chi connectivity index (χ4n) is 13.3. The normalized spacial score (nSPS) is 14.5. The summed E-state index contributed by atoms with van der Waals surface area (Å²) in [6.45, 7) is 0. The summed E-state index contributed by atoms with van der Waals surface area (Å²) in [5.74, 6) is 6.65. The van der Waals surface area contributed by atoms with E-state index < -0.39 is 5.41 Å². The number of nitrogens with zero attached hydrogens (tertiary/aromatic N) is 2. The van der Waals surface area contributed by atoms with E-state index in [4.69, 9.17) is 12.6 Å². The summed E-state index contributed by atoms with van der Waals surface area (Å²) in [7, 11) is 0. The molecular formula is C74H48N2S3. The average molecular weight is 1060 g/mol. The first kappa shape index (κ1) is 46.2.